The Kier molecular flexibility index (Phi) is 3.17. The highest BCUT2D eigenvalue weighted by Crippen LogP contribution is 2.30. The van der Waals surface area contributed by atoms with Crippen molar-refractivity contribution in [2.24, 2.45) is 0 Å². The summed E-state index contributed by atoms with van der Waals surface area (Å²) in [6, 6.07) is 5.40. The van der Waals surface area contributed by atoms with Crippen LogP contribution in [0.4, 0.5) is 13.2 Å². The Morgan fingerprint density at radius 1 is 1.16 bits per heavy atom. The Hall–Kier alpha value is -3.50. The molecule has 25 heavy (non-hydrogen) atoms. The minimum Gasteiger partial charge on any atom is -0.296 e. The Morgan fingerprint density at radius 2 is 2.00 bits per heavy atom. The lowest BCUT2D eigenvalue weighted by Crippen LogP contribution is -2.07. The van der Waals surface area contributed by atoms with Crippen LogP contribution >= 0.6 is 0 Å². The Labute approximate surface area is 135 Å². The van der Waals surface area contributed by atoms with Crippen molar-refractivity contribution in [1.82, 2.24) is 29.9 Å². The van der Waals surface area contributed by atoms with Crippen LogP contribution in [0.2, 0.25) is 0 Å². The quantitative estimate of drug-likeness (QED) is 0.596. The van der Waals surface area contributed by atoms with E-state index < -0.39 is 17.5 Å². The molecule has 11 heteroatoms. The molecule has 0 aliphatic carbocycles. The summed E-state index contributed by atoms with van der Waals surface area (Å²) in [5.41, 5.74) is 0.206. The number of alkyl halides is 3. The van der Waals surface area contributed by atoms with Crippen molar-refractivity contribution < 1.29 is 17.7 Å². The van der Waals surface area contributed by atoms with Crippen LogP contribution in [-0.2, 0) is 6.18 Å². The molecule has 0 fully saturated rings. The van der Waals surface area contributed by atoms with E-state index in [4.69, 9.17) is 0 Å². The molecular weight excluding hydrogens is 341 g/mol. The van der Waals surface area contributed by atoms with Gasteiger partial charge >= 0.3 is 11.9 Å². The minimum absolute atomic E-state index is 0.0550. The summed E-state index contributed by atoms with van der Waals surface area (Å²) in [5, 5.41) is 7.81. The van der Waals surface area contributed by atoms with Gasteiger partial charge in [-0.3, -0.25) is 14.5 Å². The molecule has 4 aromatic heterocycles. The zero-order valence-corrected chi connectivity index (χ0v) is 12.2. The van der Waals surface area contributed by atoms with Crippen LogP contribution in [0, 0.1) is 0 Å². The summed E-state index contributed by atoms with van der Waals surface area (Å²) >= 11 is 0. The van der Waals surface area contributed by atoms with Gasteiger partial charge in [-0.1, -0.05) is 5.16 Å². The number of halogens is 3. The van der Waals surface area contributed by atoms with Gasteiger partial charge in [0.15, 0.2) is 11.5 Å². The molecule has 4 aromatic rings. The number of H-pyrrole nitrogens is 1. The van der Waals surface area contributed by atoms with E-state index in [1.54, 1.807) is 12.1 Å². The first-order valence-corrected chi connectivity index (χ1v) is 6.87. The molecule has 126 valence electrons. The van der Waals surface area contributed by atoms with Crippen molar-refractivity contribution in [1.29, 1.82) is 0 Å². The van der Waals surface area contributed by atoms with Gasteiger partial charge in [0.05, 0.1) is 11.1 Å². The lowest BCUT2D eigenvalue weighted by Gasteiger charge is -2.07. The molecule has 1 N–H and O–H groups in total. The van der Waals surface area contributed by atoms with E-state index in [-0.39, 0.29) is 17.3 Å². The zero-order valence-electron chi connectivity index (χ0n) is 12.2. The molecule has 0 saturated heterocycles. The highest BCUT2D eigenvalue weighted by molar-refractivity contribution is 5.88. The van der Waals surface area contributed by atoms with Crippen LogP contribution in [0.5, 0.6) is 0 Å². The van der Waals surface area contributed by atoms with Crippen LogP contribution in [0.15, 0.2) is 46.0 Å². The molecule has 0 aliphatic heterocycles. The van der Waals surface area contributed by atoms with E-state index in [9.17, 15) is 18.0 Å². The van der Waals surface area contributed by atoms with E-state index in [1.807, 2.05) is 0 Å². The van der Waals surface area contributed by atoms with E-state index in [2.05, 4.69) is 29.7 Å². The van der Waals surface area contributed by atoms with Crippen LogP contribution in [0.3, 0.4) is 0 Å². The van der Waals surface area contributed by atoms with Gasteiger partial charge in [0.1, 0.15) is 5.52 Å². The summed E-state index contributed by atoms with van der Waals surface area (Å²) in [5.74, 6) is -0.552. The normalized spacial score (nSPS) is 12.0. The first-order valence-electron chi connectivity index (χ1n) is 6.87. The molecule has 0 radical (unpaired) electrons. The summed E-state index contributed by atoms with van der Waals surface area (Å²) in [6.07, 6.45) is -2.25. The minimum atomic E-state index is -4.48. The summed E-state index contributed by atoms with van der Waals surface area (Å²) in [6.45, 7) is 0. The molecule has 0 saturated carbocycles. The Morgan fingerprint density at radius 3 is 2.64 bits per heavy atom. The zero-order chi connectivity index (χ0) is 17.6. The van der Waals surface area contributed by atoms with Gasteiger partial charge in [-0.2, -0.15) is 18.3 Å². The van der Waals surface area contributed by atoms with Crippen molar-refractivity contribution >= 4 is 11.0 Å². The predicted molar refractivity (Wildman–Crippen MR) is 77.8 cm³/mol. The number of hydrogen-bond donors (Lipinski definition) is 1. The summed E-state index contributed by atoms with van der Waals surface area (Å²) in [4.78, 5) is 21.5. The third-order valence-electron chi connectivity index (χ3n) is 3.40. The molecule has 4 heterocycles. The fraction of sp³-hybridized carbons (Fsp3) is 0.0714. The van der Waals surface area contributed by atoms with Crippen LogP contribution < -0.4 is 5.76 Å². The van der Waals surface area contributed by atoms with Crippen molar-refractivity contribution in [3.63, 3.8) is 0 Å². The van der Waals surface area contributed by atoms with Gasteiger partial charge in [-0.15, -0.1) is 0 Å². The fourth-order valence-electron chi connectivity index (χ4n) is 2.30. The molecule has 0 atom stereocenters. The number of rotatable bonds is 2. The first kappa shape index (κ1) is 15.1. The monoisotopic (exact) mass is 348 g/mol. The molecule has 0 bridgehead atoms. The number of nitrogens with one attached hydrogen (secondary N) is 1. The third kappa shape index (κ3) is 2.55. The van der Waals surface area contributed by atoms with Crippen LogP contribution in [-0.4, -0.2) is 29.9 Å². The molecule has 0 unspecified atom stereocenters. The van der Waals surface area contributed by atoms with Crippen molar-refractivity contribution in [2.45, 2.75) is 6.18 Å². The fourth-order valence-corrected chi connectivity index (χ4v) is 2.30. The number of aromatic nitrogens is 6. The van der Waals surface area contributed by atoms with Gasteiger partial charge < -0.3 is 0 Å². The molecule has 0 spiro atoms. The highest BCUT2D eigenvalue weighted by atomic mass is 19.4. The maximum atomic E-state index is 12.7. The SMILES string of the molecule is O=c1[nH]c(-c2nn(-c3ccc(C(F)(F)F)cn3)c3cccnc23)no1. The maximum Gasteiger partial charge on any atom is 0.439 e. The van der Waals surface area contributed by atoms with Gasteiger partial charge in [-0.25, -0.2) is 14.5 Å². The number of nitrogens with zero attached hydrogens (tertiary/aromatic N) is 5. The molecule has 8 nitrogen and oxygen atoms in total. The van der Waals surface area contributed by atoms with Gasteiger partial charge in [-0.05, 0) is 24.3 Å². The Bertz CT molecular complexity index is 1110. The first-order chi connectivity index (χ1) is 11.9. The summed E-state index contributed by atoms with van der Waals surface area (Å²) in [7, 11) is 0. The van der Waals surface area contributed by atoms with Crippen LogP contribution in [0.1, 0.15) is 5.56 Å². The molecule has 4 rings (SSSR count). The summed E-state index contributed by atoms with van der Waals surface area (Å²) < 4.78 is 43.8. The number of fused-ring (bicyclic) bond motifs is 1. The second kappa shape index (κ2) is 5.26. The van der Waals surface area contributed by atoms with E-state index in [0.29, 0.717) is 11.0 Å². The number of hydrogen-bond acceptors (Lipinski definition) is 6. The second-order valence-electron chi connectivity index (χ2n) is 4.98. The van der Waals surface area contributed by atoms with Crippen molar-refractivity contribution in [2.75, 3.05) is 0 Å². The Balaban J connectivity index is 1.89. The maximum absolute atomic E-state index is 12.7. The van der Waals surface area contributed by atoms with Crippen LogP contribution in [0.25, 0.3) is 28.4 Å². The van der Waals surface area contributed by atoms with E-state index >= 15 is 0 Å². The topological polar surface area (TPSA) is 102 Å². The average molecular weight is 348 g/mol. The third-order valence-corrected chi connectivity index (χ3v) is 3.40. The van der Waals surface area contributed by atoms with Gasteiger partial charge in [0.25, 0.3) is 0 Å². The van der Waals surface area contributed by atoms with Gasteiger partial charge in [0, 0.05) is 12.4 Å². The van der Waals surface area contributed by atoms with Crippen molar-refractivity contribution in [3.8, 4) is 17.3 Å². The smallest absolute Gasteiger partial charge is 0.296 e. The number of pyridine rings is 2. The largest absolute Gasteiger partial charge is 0.439 e. The highest BCUT2D eigenvalue weighted by Gasteiger charge is 2.31. The second-order valence-corrected chi connectivity index (χ2v) is 4.98. The molecular formula is C14H7F3N6O2. The van der Waals surface area contributed by atoms with Crippen molar-refractivity contribution in [3.05, 3.63) is 52.8 Å². The average Bonchev–Trinajstić information content (AvgIpc) is 3.18. The molecule has 0 aromatic carbocycles. The number of aromatic amines is 1. The lowest BCUT2D eigenvalue weighted by molar-refractivity contribution is -0.137. The van der Waals surface area contributed by atoms with E-state index in [1.165, 1.54) is 16.9 Å². The lowest BCUT2D eigenvalue weighted by atomic mass is 10.2. The van der Waals surface area contributed by atoms with E-state index in [0.717, 1.165) is 12.3 Å². The molecule has 0 amide bonds. The predicted octanol–water partition coefficient (Wildman–Crippen LogP) is 2.18. The van der Waals surface area contributed by atoms with Gasteiger partial charge in [0.2, 0.25) is 5.82 Å². The standard InChI is InChI=1S/C14H7F3N6O2/c15-14(16,17)7-3-4-9(19-6-7)23-8-2-1-5-18-10(8)11(21-23)12-20-13(24)25-22-12/h1-6H,(H,20,22,24). The molecule has 0 aliphatic rings.